The molecular formula is C22H18ClFN3O3P. The Morgan fingerprint density at radius 3 is 2.68 bits per heavy atom. The quantitative estimate of drug-likeness (QED) is 0.426. The van der Waals surface area contributed by atoms with Crippen LogP contribution in [0.4, 0.5) is 4.39 Å². The van der Waals surface area contributed by atoms with Crippen molar-refractivity contribution in [2.45, 2.75) is 6.54 Å². The zero-order valence-electron chi connectivity index (χ0n) is 16.4. The first kappa shape index (κ1) is 21.2. The number of benzene rings is 2. The van der Waals surface area contributed by atoms with Gasteiger partial charge in [0.2, 0.25) is 0 Å². The number of fused-ring (bicyclic) bond motifs is 1. The van der Waals surface area contributed by atoms with Crippen LogP contribution in [0.15, 0.2) is 67.0 Å². The van der Waals surface area contributed by atoms with E-state index in [9.17, 15) is 13.8 Å². The topological polar surface area (TPSA) is 84.1 Å². The summed E-state index contributed by atoms with van der Waals surface area (Å²) in [5.74, 6) is -1.04. The van der Waals surface area contributed by atoms with E-state index in [1.165, 1.54) is 25.3 Å². The van der Waals surface area contributed by atoms with Crippen LogP contribution in [-0.2, 0) is 15.6 Å². The van der Waals surface area contributed by atoms with Crippen molar-refractivity contribution in [1.82, 2.24) is 15.3 Å². The molecule has 1 unspecified atom stereocenters. The molecule has 4 aromatic rings. The molecule has 0 fully saturated rings. The molecule has 0 aliphatic rings. The molecular weight excluding hydrogens is 440 g/mol. The van der Waals surface area contributed by atoms with E-state index in [0.29, 0.717) is 15.9 Å². The maximum atomic E-state index is 14.1. The molecule has 2 aromatic carbocycles. The van der Waals surface area contributed by atoms with Crippen LogP contribution in [0.3, 0.4) is 0 Å². The lowest BCUT2D eigenvalue weighted by Crippen LogP contribution is -2.30. The summed E-state index contributed by atoms with van der Waals surface area (Å²) in [4.78, 5) is 20.1. The van der Waals surface area contributed by atoms with Crippen molar-refractivity contribution in [1.29, 1.82) is 0 Å². The number of rotatable bonds is 6. The first-order valence-corrected chi connectivity index (χ1v) is 11.3. The van der Waals surface area contributed by atoms with Gasteiger partial charge >= 0.3 is 0 Å². The summed E-state index contributed by atoms with van der Waals surface area (Å²) in [5.41, 5.74) is 1.48. The molecule has 0 saturated heterocycles. The number of nitrogens with one attached hydrogen (secondary N) is 2. The van der Waals surface area contributed by atoms with Gasteiger partial charge in [-0.2, -0.15) is 0 Å². The number of aromatic nitrogens is 2. The minimum atomic E-state index is -3.84. The van der Waals surface area contributed by atoms with Gasteiger partial charge in [-0.3, -0.25) is 14.3 Å². The molecule has 9 heteroatoms. The Morgan fingerprint density at radius 1 is 1.19 bits per heavy atom. The predicted octanol–water partition coefficient (Wildman–Crippen LogP) is 4.16. The maximum Gasteiger partial charge on any atom is 0.268 e. The first-order chi connectivity index (χ1) is 14.9. The Morgan fingerprint density at radius 2 is 1.97 bits per heavy atom. The van der Waals surface area contributed by atoms with E-state index >= 15 is 0 Å². The van der Waals surface area contributed by atoms with Crippen molar-refractivity contribution in [3.05, 3.63) is 89.1 Å². The third-order valence-electron chi connectivity index (χ3n) is 4.86. The van der Waals surface area contributed by atoms with Crippen molar-refractivity contribution in [2.24, 2.45) is 0 Å². The zero-order valence-corrected chi connectivity index (χ0v) is 18.1. The fourth-order valence-corrected chi connectivity index (χ4v) is 5.73. The number of aromatic amines is 1. The average molecular weight is 458 g/mol. The molecule has 2 heterocycles. The van der Waals surface area contributed by atoms with E-state index in [-0.39, 0.29) is 22.8 Å². The van der Waals surface area contributed by atoms with Crippen molar-refractivity contribution in [2.75, 3.05) is 7.11 Å². The molecule has 0 saturated carbocycles. The van der Waals surface area contributed by atoms with Gasteiger partial charge in [0.1, 0.15) is 11.5 Å². The number of amides is 1. The highest BCUT2D eigenvalue weighted by molar-refractivity contribution is 7.75. The van der Waals surface area contributed by atoms with E-state index in [4.69, 9.17) is 16.1 Å². The summed E-state index contributed by atoms with van der Waals surface area (Å²) < 4.78 is 33.5. The smallest absolute Gasteiger partial charge is 0.268 e. The first-order valence-electron chi connectivity index (χ1n) is 9.33. The Hall–Kier alpha value is -2.99. The molecule has 0 bridgehead atoms. The molecule has 1 amide bonds. The third-order valence-corrected chi connectivity index (χ3v) is 7.62. The fourth-order valence-electron chi connectivity index (χ4n) is 3.38. The molecule has 31 heavy (non-hydrogen) atoms. The normalized spacial score (nSPS) is 13.1. The molecule has 4 rings (SSSR count). The van der Waals surface area contributed by atoms with Gasteiger partial charge in [0.05, 0.1) is 5.30 Å². The summed E-state index contributed by atoms with van der Waals surface area (Å²) in [6.07, 6.45) is 3.25. The van der Waals surface area contributed by atoms with Gasteiger partial charge in [0.25, 0.3) is 13.3 Å². The highest BCUT2D eigenvalue weighted by atomic mass is 35.5. The number of nitrogens with zero attached hydrogens (tertiary/aromatic N) is 1. The van der Waals surface area contributed by atoms with Crippen LogP contribution in [0.1, 0.15) is 16.1 Å². The number of H-pyrrole nitrogens is 1. The van der Waals surface area contributed by atoms with Crippen LogP contribution >= 0.6 is 19.0 Å². The van der Waals surface area contributed by atoms with Crippen LogP contribution in [-0.4, -0.2) is 23.0 Å². The second-order valence-electron chi connectivity index (χ2n) is 6.79. The highest BCUT2D eigenvalue weighted by Gasteiger charge is 2.36. The average Bonchev–Trinajstić information content (AvgIpc) is 3.17. The number of hydrogen-bond acceptors (Lipinski definition) is 4. The van der Waals surface area contributed by atoms with E-state index in [0.717, 1.165) is 11.6 Å². The summed E-state index contributed by atoms with van der Waals surface area (Å²) in [7, 11) is -2.57. The van der Waals surface area contributed by atoms with Gasteiger partial charge in [-0.15, -0.1) is 0 Å². The summed E-state index contributed by atoms with van der Waals surface area (Å²) in [5, 5.41) is 3.96. The van der Waals surface area contributed by atoms with Crippen molar-refractivity contribution in [3.8, 4) is 0 Å². The second-order valence-corrected chi connectivity index (χ2v) is 9.66. The Kier molecular flexibility index (Phi) is 5.92. The molecule has 0 spiro atoms. The Bertz CT molecular complexity index is 1310. The van der Waals surface area contributed by atoms with Crippen LogP contribution in [0, 0.1) is 5.82 Å². The van der Waals surface area contributed by atoms with Crippen molar-refractivity contribution >= 4 is 46.4 Å². The molecule has 6 nitrogen and oxygen atoms in total. The van der Waals surface area contributed by atoms with E-state index in [1.807, 2.05) is 0 Å². The molecule has 158 valence electrons. The summed E-state index contributed by atoms with van der Waals surface area (Å²) >= 11 is 6.17. The lowest BCUT2D eigenvalue weighted by atomic mass is 10.2. The third kappa shape index (κ3) is 4.12. The molecule has 0 radical (unpaired) electrons. The molecule has 2 N–H and O–H groups in total. The van der Waals surface area contributed by atoms with Crippen LogP contribution in [0.2, 0.25) is 5.02 Å². The Balaban J connectivity index is 1.85. The Labute approximate surface area is 182 Å². The van der Waals surface area contributed by atoms with Gasteiger partial charge in [-0.25, -0.2) is 4.39 Å². The number of hydrogen-bond donors (Lipinski definition) is 2. The molecule has 1 atom stereocenters. The predicted molar refractivity (Wildman–Crippen MR) is 119 cm³/mol. The van der Waals surface area contributed by atoms with Crippen LogP contribution < -0.4 is 15.9 Å². The van der Waals surface area contributed by atoms with Gasteiger partial charge < -0.3 is 14.8 Å². The lowest BCUT2D eigenvalue weighted by molar-refractivity contribution is 0.0947. The standard InChI is InChI=1S/C22H18ClFN3O3P/c1-30-31(29,17-4-2-3-16(24)12-17)21-18-11-15(23)5-6-19(18)27-20(21)22(28)26-13-14-7-9-25-10-8-14/h2-12,27H,13H2,1H3,(H,26,28). The molecule has 2 aromatic heterocycles. The van der Waals surface area contributed by atoms with Crippen LogP contribution in [0.5, 0.6) is 0 Å². The van der Waals surface area contributed by atoms with Crippen molar-refractivity contribution in [3.63, 3.8) is 0 Å². The largest absolute Gasteiger partial charge is 0.350 e. The minimum absolute atomic E-state index is 0.0702. The fraction of sp³-hybridized carbons (Fsp3) is 0.0909. The summed E-state index contributed by atoms with van der Waals surface area (Å²) in [6.45, 7) is 0.244. The SMILES string of the molecule is COP(=O)(c1cccc(F)c1)c1c(C(=O)NCc2ccncc2)[nH]c2ccc(Cl)cc12. The van der Waals surface area contributed by atoms with E-state index in [2.05, 4.69) is 15.3 Å². The van der Waals surface area contributed by atoms with E-state index < -0.39 is 19.1 Å². The molecule has 0 aliphatic heterocycles. The maximum absolute atomic E-state index is 14.1. The zero-order chi connectivity index (χ0) is 22.0. The second kappa shape index (κ2) is 8.63. The number of carbonyl (C=O) groups excluding carboxylic acids is 1. The number of pyridine rings is 1. The molecule has 0 aliphatic carbocycles. The minimum Gasteiger partial charge on any atom is -0.350 e. The number of halogens is 2. The van der Waals surface area contributed by atoms with Gasteiger partial charge in [0.15, 0.2) is 0 Å². The van der Waals surface area contributed by atoms with Crippen molar-refractivity contribution < 1.29 is 18.3 Å². The van der Waals surface area contributed by atoms with Gasteiger partial charge in [-0.1, -0.05) is 17.7 Å². The lowest BCUT2D eigenvalue weighted by Gasteiger charge is -2.18. The van der Waals surface area contributed by atoms with E-state index in [1.54, 1.807) is 42.7 Å². The highest BCUT2D eigenvalue weighted by Crippen LogP contribution is 2.47. The number of carbonyl (C=O) groups is 1. The van der Waals surface area contributed by atoms with Gasteiger partial charge in [-0.05, 0) is 54.1 Å². The monoisotopic (exact) mass is 457 g/mol. The van der Waals surface area contributed by atoms with Gasteiger partial charge in [0, 0.05) is 47.3 Å². The van der Waals surface area contributed by atoms with Crippen LogP contribution in [0.25, 0.3) is 10.9 Å². The summed E-state index contributed by atoms with van der Waals surface area (Å²) in [6, 6.07) is 13.8.